The van der Waals surface area contributed by atoms with E-state index in [2.05, 4.69) is 17.1 Å². The summed E-state index contributed by atoms with van der Waals surface area (Å²) in [6, 6.07) is 0. The lowest BCUT2D eigenvalue weighted by Crippen LogP contribution is -2.40. The Labute approximate surface area is 131 Å². The van der Waals surface area contributed by atoms with Crippen molar-refractivity contribution in [1.29, 1.82) is 0 Å². The minimum Gasteiger partial charge on any atom is -0.304 e. The predicted octanol–water partition coefficient (Wildman–Crippen LogP) is 2.27. The summed E-state index contributed by atoms with van der Waals surface area (Å²) in [5.41, 5.74) is 0. The van der Waals surface area contributed by atoms with Crippen LogP contribution in [0.1, 0.15) is 51.3 Å². The molecule has 0 aliphatic carbocycles. The number of hydrogen-bond acceptors (Lipinski definition) is 4. The van der Waals surface area contributed by atoms with Crippen molar-refractivity contribution in [2.24, 2.45) is 0 Å². The fraction of sp³-hybridized carbons (Fsp3) is 0.846. The molecule has 2 heterocycles. The van der Waals surface area contributed by atoms with Gasteiger partial charge < -0.3 is 4.57 Å². The number of aromatic nitrogens is 3. The lowest BCUT2D eigenvalue weighted by molar-refractivity contribution is 0.304. The minimum absolute atomic E-state index is 0.130. The van der Waals surface area contributed by atoms with Crippen molar-refractivity contribution in [1.82, 2.24) is 19.1 Å². The molecule has 120 valence electrons. The van der Waals surface area contributed by atoms with Crippen molar-refractivity contribution >= 4 is 22.2 Å². The smallest absolute Gasteiger partial charge is 0.213 e. The molecule has 0 radical (unpaired) electrons. The molecular formula is C13H24N4O2S2. The number of nitrogens with one attached hydrogen (secondary N) is 1. The molecule has 0 aromatic carbocycles. The predicted molar refractivity (Wildman–Crippen MR) is 85.3 cm³/mol. The van der Waals surface area contributed by atoms with Crippen molar-refractivity contribution < 1.29 is 8.42 Å². The van der Waals surface area contributed by atoms with Crippen LogP contribution in [0.15, 0.2) is 0 Å². The van der Waals surface area contributed by atoms with Gasteiger partial charge in [-0.05, 0) is 38.4 Å². The largest absolute Gasteiger partial charge is 0.304 e. The van der Waals surface area contributed by atoms with E-state index in [1.165, 1.54) is 0 Å². The van der Waals surface area contributed by atoms with Crippen molar-refractivity contribution in [3.05, 3.63) is 10.6 Å². The van der Waals surface area contributed by atoms with Crippen LogP contribution in [0.3, 0.4) is 0 Å². The highest BCUT2D eigenvalue weighted by Crippen LogP contribution is 2.27. The maximum absolute atomic E-state index is 12.1. The molecular weight excluding hydrogens is 308 g/mol. The summed E-state index contributed by atoms with van der Waals surface area (Å²) in [6.07, 6.45) is 3.97. The molecule has 1 N–H and O–H groups in total. The Bertz CT molecular complexity index is 620. The van der Waals surface area contributed by atoms with E-state index in [9.17, 15) is 8.42 Å². The van der Waals surface area contributed by atoms with Gasteiger partial charge >= 0.3 is 0 Å². The Morgan fingerprint density at radius 2 is 2.19 bits per heavy atom. The van der Waals surface area contributed by atoms with E-state index in [1.807, 2.05) is 4.57 Å². The quantitative estimate of drug-likeness (QED) is 0.811. The summed E-state index contributed by atoms with van der Waals surface area (Å²) < 4.78 is 28.4. The lowest BCUT2D eigenvalue weighted by Gasteiger charge is -2.31. The zero-order valence-corrected chi connectivity index (χ0v) is 14.3. The number of unbranched alkanes of at least 4 members (excludes halogenated alkanes) is 1. The highest BCUT2D eigenvalue weighted by Gasteiger charge is 2.30. The van der Waals surface area contributed by atoms with Gasteiger partial charge in [-0.15, -0.1) is 0 Å². The monoisotopic (exact) mass is 332 g/mol. The first-order valence-electron chi connectivity index (χ1n) is 7.62. The van der Waals surface area contributed by atoms with Crippen LogP contribution in [-0.4, -0.2) is 46.3 Å². The number of piperidine rings is 1. The van der Waals surface area contributed by atoms with Crippen molar-refractivity contribution in [3.8, 4) is 0 Å². The molecule has 0 spiro atoms. The topological polar surface area (TPSA) is 71.0 Å². The van der Waals surface area contributed by atoms with E-state index >= 15 is 0 Å². The number of hydrogen-bond donors (Lipinski definition) is 1. The zero-order valence-electron chi connectivity index (χ0n) is 12.7. The molecule has 6 nitrogen and oxygen atoms in total. The number of H-pyrrole nitrogens is 1. The van der Waals surface area contributed by atoms with Crippen molar-refractivity contribution in [2.45, 2.75) is 52.0 Å². The molecule has 1 fully saturated rings. The molecule has 1 saturated heterocycles. The Morgan fingerprint density at radius 3 is 2.86 bits per heavy atom. The van der Waals surface area contributed by atoms with Gasteiger partial charge in [0.2, 0.25) is 10.0 Å². The second kappa shape index (κ2) is 7.02. The van der Waals surface area contributed by atoms with Gasteiger partial charge in [-0.1, -0.05) is 13.3 Å². The van der Waals surface area contributed by atoms with Crippen LogP contribution in [0, 0.1) is 4.77 Å². The molecule has 21 heavy (non-hydrogen) atoms. The third-order valence-electron chi connectivity index (χ3n) is 4.03. The molecule has 1 aliphatic rings. The average Bonchev–Trinajstić information content (AvgIpc) is 2.86. The Morgan fingerprint density at radius 1 is 1.43 bits per heavy atom. The highest BCUT2D eigenvalue weighted by molar-refractivity contribution is 7.89. The van der Waals surface area contributed by atoms with Crippen LogP contribution in [0.4, 0.5) is 0 Å². The molecule has 2 rings (SSSR count). The fourth-order valence-corrected chi connectivity index (χ4v) is 4.17. The van der Waals surface area contributed by atoms with Crippen molar-refractivity contribution in [2.75, 3.05) is 18.8 Å². The third kappa shape index (κ3) is 3.73. The normalized spacial score (nSPS) is 20.8. The van der Waals surface area contributed by atoms with E-state index < -0.39 is 10.0 Å². The van der Waals surface area contributed by atoms with E-state index in [4.69, 9.17) is 12.2 Å². The first kappa shape index (κ1) is 16.6. The van der Waals surface area contributed by atoms with Crippen LogP contribution in [0.25, 0.3) is 0 Å². The Balaban J connectivity index is 2.20. The maximum Gasteiger partial charge on any atom is 0.213 e. The first-order valence-corrected chi connectivity index (χ1v) is 9.64. The Hall–Kier alpha value is -0.730. The van der Waals surface area contributed by atoms with Gasteiger partial charge in [0.15, 0.2) is 4.77 Å². The second-order valence-electron chi connectivity index (χ2n) is 5.49. The second-order valence-corrected chi connectivity index (χ2v) is 8.13. The van der Waals surface area contributed by atoms with E-state index in [0.29, 0.717) is 17.9 Å². The van der Waals surface area contributed by atoms with Crippen LogP contribution < -0.4 is 0 Å². The molecule has 1 aromatic rings. The van der Waals surface area contributed by atoms with E-state index in [1.54, 1.807) is 11.2 Å². The van der Waals surface area contributed by atoms with Crippen LogP contribution >= 0.6 is 12.2 Å². The molecule has 8 heteroatoms. The van der Waals surface area contributed by atoms with Gasteiger partial charge in [0, 0.05) is 25.6 Å². The van der Waals surface area contributed by atoms with E-state index in [-0.39, 0.29) is 11.7 Å². The summed E-state index contributed by atoms with van der Waals surface area (Å²) in [4.78, 5) is 0. The van der Waals surface area contributed by atoms with Gasteiger partial charge in [0.25, 0.3) is 0 Å². The summed E-state index contributed by atoms with van der Waals surface area (Å²) in [5.74, 6) is 1.19. The molecule has 0 amide bonds. The molecule has 0 unspecified atom stereocenters. The first-order chi connectivity index (χ1) is 9.99. The van der Waals surface area contributed by atoms with Gasteiger partial charge in [-0.3, -0.25) is 5.10 Å². The van der Waals surface area contributed by atoms with Crippen LogP contribution in [-0.2, 0) is 16.6 Å². The molecule has 1 aromatic heterocycles. The van der Waals surface area contributed by atoms with Gasteiger partial charge in [-0.25, -0.2) is 12.7 Å². The standard InChI is InChI=1S/C13H24N4O2S2/c1-3-5-9-17-12(14-15-13(17)20)11-7-6-8-16(10-11)21(18,19)4-2/h11H,3-10H2,1-2H3,(H,15,20)/t11-/m1/s1. The summed E-state index contributed by atoms with van der Waals surface area (Å²) in [6.45, 7) is 5.81. The Kier molecular flexibility index (Phi) is 5.56. The summed E-state index contributed by atoms with van der Waals surface area (Å²) in [5, 5.41) is 7.22. The molecule has 1 atom stereocenters. The minimum atomic E-state index is -3.13. The number of nitrogens with zero attached hydrogens (tertiary/aromatic N) is 3. The molecule has 1 aliphatic heterocycles. The number of rotatable bonds is 6. The summed E-state index contributed by atoms with van der Waals surface area (Å²) in [7, 11) is -3.13. The van der Waals surface area contributed by atoms with E-state index in [0.717, 1.165) is 38.1 Å². The average molecular weight is 332 g/mol. The number of sulfonamides is 1. The fourth-order valence-electron chi connectivity index (χ4n) is 2.76. The SMILES string of the molecule is CCCCn1c([C@@H]2CCCN(S(=O)(=O)CC)C2)n[nH]c1=S. The summed E-state index contributed by atoms with van der Waals surface area (Å²) >= 11 is 5.29. The molecule has 0 bridgehead atoms. The molecule has 0 saturated carbocycles. The van der Waals surface area contributed by atoms with Crippen molar-refractivity contribution in [3.63, 3.8) is 0 Å². The zero-order chi connectivity index (χ0) is 15.5. The van der Waals surface area contributed by atoms with Crippen LogP contribution in [0.5, 0.6) is 0 Å². The van der Waals surface area contributed by atoms with Gasteiger partial charge in [0.1, 0.15) is 5.82 Å². The van der Waals surface area contributed by atoms with Gasteiger partial charge in [-0.2, -0.15) is 5.10 Å². The van der Waals surface area contributed by atoms with Gasteiger partial charge in [0.05, 0.1) is 5.75 Å². The highest BCUT2D eigenvalue weighted by atomic mass is 32.2. The van der Waals surface area contributed by atoms with Crippen LogP contribution in [0.2, 0.25) is 0 Å². The lowest BCUT2D eigenvalue weighted by atomic mass is 9.99. The maximum atomic E-state index is 12.1. The third-order valence-corrected chi connectivity index (χ3v) is 6.19. The number of aromatic amines is 1.